The highest BCUT2D eigenvalue weighted by molar-refractivity contribution is 5.56. The van der Waals surface area contributed by atoms with Crippen molar-refractivity contribution in [2.24, 2.45) is 0 Å². The lowest BCUT2D eigenvalue weighted by molar-refractivity contribution is 0.740. The van der Waals surface area contributed by atoms with Gasteiger partial charge in [-0.1, -0.05) is 19.9 Å². The fourth-order valence-electron chi connectivity index (χ4n) is 2.13. The standard InChI is InChI=1S/C16H23N5/c1-5-21(10-13-8-6-7-9-18-13)16-12(4)14(17)19-15(20-16)11(2)3/h6-9,11H,5,10H2,1-4H3,(H2,17,19,20). The second kappa shape index (κ2) is 6.52. The Morgan fingerprint density at radius 2 is 2.00 bits per heavy atom. The maximum Gasteiger partial charge on any atom is 0.137 e. The first-order valence-electron chi connectivity index (χ1n) is 7.31. The van der Waals surface area contributed by atoms with Gasteiger partial charge in [0.05, 0.1) is 12.2 Å². The van der Waals surface area contributed by atoms with Crippen LogP contribution in [0.5, 0.6) is 0 Å². The molecule has 0 aliphatic heterocycles. The Labute approximate surface area is 126 Å². The molecular formula is C16H23N5. The quantitative estimate of drug-likeness (QED) is 0.914. The smallest absolute Gasteiger partial charge is 0.137 e. The lowest BCUT2D eigenvalue weighted by Crippen LogP contribution is -2.26. The van der Waals surface area contributed by atoms with Crippen molar-refractivity contribution in [2.45, 2.75) is 40.2 Å². The Morgan fingerprint density at radius 3 is 2.57 bits per heavy atom. The average molecular weight is 285 g/mol. The van der Waals surface area contributed by atoms with E-state index in [2.05, 4.69) is 35.6 Å². The number of hydrogen-bond acceptors (Lipinski definition) is 5. The Hall–Kier alpha value is -2.17. The van der Waals surface area contributed by atoms with Gasteiger partial charge in [0.1, 0.15) is 17.5 Å². The Morgan fingerprint density at radius 1 is 1.24 bits per heavy atom. The van der Waals surface area contributed by atoms with E-state index >= 15 is 0 Å². The average Bonchev–Trinajstić information content (AvgIpc) is 2.48. The molecule has 0 unspecified atom stereocenters. The molecule has 5 heteroatoms. The van der Waals surface area contributed by atoms with E-state index in [0.717, 1.165) is 29.4 Å². The van der Waals surface area contributed by atoms with E-state index in [1.54, 1.807) is 0 Å². The van der Waals surface area contributed by atoms with Gasteiger partial charge < -0.3 is 10.6 Å². The molecule has 0 saturated carbocycles. The van der Waals surface area contributed by atoms with Crippen LogP contribution >= 0.6 is 0 Å². The van der Waals surface area contributed by atoms with E-state index in [1.165, 1.54) is 0 Å². The molecule has 0 bridgehead atoms. The summed E-state index contributed by atoms with van der Waals surface area (Å²) >= 11 is 0. The van der Waals surface area contributed by atoms with Crippen molar-refractivity contribution in [3.8, 4) is 0 Å². The molecule has 112 valence electrons. The molecule has 0 atom stereocenters. The lowest BCUT2D eigenvalue weighted by atomic mass is 10.2. The van der Waals surface area contributed by atoms with Crippen molar-refractivity contribution in [1.82, 2.24) is 15.0 Å². The second-order valence-corrected chi connectivity index (χ2v) is 5.41. The van der Waals surface area contributed by atoms with Crippen LogP contribution in [0.15, 0.2) is 24.4 Å². The zero-order valence-electron chi connectivity index (χ0n) is 13.2. The first-order chi connectivity index (χ1) is 10.0. The highest BCUT2D eigenvalue weighted by Crippen LogP contribution is 2.25. The van der Waals surface area contributed by atoms with Gasteiger partial charge in [0.25, 0.3) is 0 Å². The molecule has 0 fully saturated rings. The van der Waals surface area contributed by atoms with Crippen LogP contribution < -0.4 is 10.6 Å². The van der Waals surface area contributed by atoms with Crippen LogP contribution in [0.4, 0.5) is 11.6 Å². The van der Waals surface area contributed by atoms with E-state index in [-0.39, 0.29) is 5.92 Å². The van der Waals surface area contributed by atoms with Crippen LogP contribution in [0.25, 0.3) is 0 Å². The highest BCUT2D eigenvalue weighted by Gasteiger charge is 2.16. The third kappa shape index (κ3) is 3.48. The van der Waals surface area contributed by atoms with Crippen molar-refractivity contribution in [2.75, 3.05) is 17.2 Å². The van der Waals surface area contributed by atoms with E-state index in [9.17, 15) is 0 Å². The van der Waals surface area contributed by atoms with Gasteiger partial charge in [0.15, 0.2) is 0 Å². The number of pyridine rings is 1. The molecule has 0 saturated heterocycles. The van der Waals surface area contributed by atoms with Crippen LogP contribution in [0, 0.1) is 6.92 Å². The fraction of sp³-hybridized carbons (Fsp3) is 0.438. The van der Waals surface area contributed by atoms with E-state index in [1.807, 2.05) is 31.3 Å². The summed E-state index contributed by atoms with van der Waals surface area (Å²) in [6, 6.07) is 5.94. The summed E-state index contributed by atoms with van der Waals surface area (Å²) < 4.78 is 0. The number of rotatable bonds is 5. The van der Waals surface area contributed by atoms with Gasteiger partial charge >= 0.3 is 0 Å². The molecule has 21 heavy (non-hydrogen) atoms. The van der Waals surface area contributed by atoms with E-state index < -0.39 is 0 Å². The molecule has 0 radical (unpaired) electrons. The maximum atomic E-state index is 6.05. The summed E-state index contributed by atoms with van der Waals surface area (Å²) in [6.45, 7) is 9.77. The van der Waals surface area contributed by atoms with Gasteiger partial charge in [-0.05, 0) is 26.0 Å². The van der Waals surface area contributed by atoms with Crippen LogP contribution in [0.1, 0.15) is 43.8 Å². The fourth-order valence-corrected chi connectivity index (χ4v) is 2.13. The first-order valence-corrected chi connectivity index (χ1v) is 7.31. The van der Waals surface area contributed by atoms with Gasteiger partial charge in [0.2, 0.25) is 0 Å². The molecule has 0 aromatic carbocycles. The predicted octanol–water partition coefficient (Wildman–Crippen LogP) is 2.91. The number of hydrogen-bond donors (Lipinski definition) is 1. The van der Waals surface area contributed by atoms with Crippen LogP contribution in [-0.2, 0) is 6.54 Å². The largest absolute Gasteiger partial charge is 0.383 e. The second-order valence-electron chi connectivity index (χ2n) is 5.41. The third-order valence-corrected chi connectivity index (χ3v) is 3.45. The molecule has 0 spiro atoms. The monoisotopic (exact) mass is 285 g/mol. The van der Waals surface area contributed by atoms with Gasteiger partial charge in [-0.2, -0.15) is 0 Å². The summed E-state index contributed by atoms with van der Waals surface area (Å²) in [7, 11) is 0. The molecule has 0 amide bonds. The zero-order valence-corrected chi connectivity index (χ0v) is 13.2. The van der Waals surface area contributed by atoms with Gasteiger partial charge in [0, 0.05) is 24.2 Å². The number of nitrogens with two attached hydrogens (primary N) is 1. The van der Waals surface area contributed by atoms with Crippen molar-refractivity contribution in [1.29, 1.82) is 0 Å². The van der Waals surface area contributed by atoms with Crippen LogP contribution in [0.2, 0.25) is 0 Å². The summed E-state index contributed by atoms with van der Waals surface area (Å²) in [5.41, 5.74) is 8.00. The van der Waals surface area contributed by atoms with Crippen molar-refractivity contribution in [3.63, 3.8) is 0 Å². The summed E-state index contributed by atoms with van der Waals surface area (Å²) in [5, 5.41) is 0. The number of anilines is 2. The Balaban J connectivity index is 2.37. The topological polar surface area (TPSA) is 67.9 Å². The van der Waals surface area contributed by atoms with Crippen molar-refractivity contribution < 1.29 is 0 Å². The van der Waals surface area contributed by atoms with Gasteiger partial charge in [-0.3, -0.25) is 4.98 Å². The SMILES string of the molecule is CCN(Cc1ccccn1)c1nc(C(C)C)nc(N)c1C. The minimum atomic E-state index is 0.250. The Kier molecular flexibility index (Phi) is 4.73. The minimum absolute atomic E-state index is 0.250. The molecule has 5 nitrogen and oxygen atoms in total. The normalized spacial score (nSPS) is 10.9. The van der Waals surface area contributed by atoms with Crippen LogP contribution in [-0.4, -0.2) is 21.5 Å². The van der Waals surface area contributed by atoms with Gasteiger partial charge in [-0.15, -0.1) is 0 Å². The molecule has 2 N–H and O–H groups in total. The summed E-state index contributed by atoms with van der Waals surface area (Å²) in [5.74, 6) is 2.50. The van der Waals surface area contributed by atoms with Crippen molar-refractivity contribution in [3.05, 3.63) is 41.5 Å². The van der Waals surface area contributed by atoms with Gasteiger partial charge in [-0.25, -0.2) is 9.97 Å². The van der Waals surface area contributed by atoms with Crippen LogP contribution in [0.3, 0.4) is 0 Å². The lowest BCUT2D eigenvalue weighted by Gasteiger charge is -2.24. The molecular weight excluding hydrogens is 262 g/mol. The number of nitrogen functional groups attached to an aromatic ring is 1. The number of nitrogens with zero attached hydrogens (tertiary/aromatic N) is 4. The third-order valence-electron chi connectivity index (χ3n) is 3.45. The Bertz CT molecular complexity index is 595. The first kappa shape index (κ1) is 15.2. The molecule has 0 aliphatic rings. The maximum absolute atomic E-state index is 6.05. The zero-order chi connectivity index (χ0) is 15.4. The summed E-state index contributed by atoms with van der Waals surface area (Å²) in [6.07, 6.45) is 1.81. The summed E-state index contributed by atoms with van der Waals surface area (Å²) in [4.78, 5) is 15.7. The minimum Gasteiger partial charge on any atom is -0.383 e. The number of aromatic nitrogens is 3. The molecule has 2 aromatic rings. The van der Waals surface area contributed by atoms with E-state index in [0.29, 0.717) is 12.4 Å². The molecule has 2 rings (SSSR count). The van der Waals surface area contributed by atoms with E-state index in [4.69, 9.17) is 10.7 Å². The molecule has 0 aliphatic carbocycles. The predicted molar refractivity (Wildman–Crippen MR) is 86.2 cm³/mol. The highest BCUT2D eigenvalue weighted by atomic mass is 15.2. The van der Waals surface area contributed by atoms with Crippen molar-refractivity contribution >= 4 is 11.6 Å². The molecule has 2 aromatic heterocycles. The molecule has 2 heterocycles.